The van der Waals surface area contributed by atoms with Gasteiger partial charge in [-0.1, -0.05) is 6.07 Å². The second-order valence-electron chi connectivity index (χ2n) is 7.78. The standard InChI is InChI=1S/C24H22F2N4O3/c25-18-4-1-5-19(26)22(18)15-6-10-28-20(13-15)23(32)29-21-14-27-9-7-17(21)24(33)30-11-2-3-16(31)8-12-30/h1,4-7,9-10,13-14,16,31H,2-3,8,11-12H2,(H,29,32). The third-order valence-corrected chi connectivity index (χ3v) is 5.53. The van der Waals surface area contributed by atoms with Crippen LogP contribution in [-0.2, 0) is 0 Å². The normalized spacial score (nSPS) is 16.2. The molecule has 0 aliphatic carbocycles. The van der Waals surface area contributed by atoms with Gasteiger partial charge in [-0.25, -0.2) is 8.78 Å². The molecular weight excluding hydrogens is 430 g/mol. The lowest BCUT2D eigenvalue weighted by Crippen LogP contribution is -2.33. The molecule has 3 aromatic rings. The predicted octanol–water partition coefficient (Wildman–Crippen LogP) is 3.66. The molecule has 1 saturated heterocycles. The number of carbonyl (C=O) groups is 2. The summed E-state index contributed by atoms with van der Waals surface area (Å²) < 4.78 is 28.3. The number of amides is 2. The van der Waals surface area contributed by atoms with Crippen LogP contribution >= 0.6 is 0 Å². The highest BCUT2D eigenvalue weighted by atomic mass is 19.1. The molecule has 170 valence electrons. The molecule has 0 radical (unpaired) electrons. The number of rotatable bonds is 4. The molecule has 1 aromatic carbocycles. The van der Waals surface area contributed by atoms with Gasteiger partial charge in [0.1, 0.15) is 17.3 Å². The van der Waals surface area contributed by atoms with Crippen LogP contribution in [0, 0.1) is 11.6 Å². The van der Waals surface area contributed by atoms with Gasteiger partial charge in [0.2, 0.25) is 0 Å². The molecule has 1 aliphatic heterocycles. The van der Waals surface area contributed by atoms with Gasteiger partial charge in [-0.15, -0.1) is 0 Å². The summed E-state index contributed by atoms with van der Waals surface area (Å²) in [6.07, 6.45) is 5.47. The molecule has 33 heavy (non-hydrogen) atoms. The van der Waals surface area contributed by atoms with Crippen molar-refractivity contribution in [2.45, 2.75) is 25.4 Å². The van der Waals surface area contributed by atoms with Crippen molar-refractivity contribution in [2.24, 2.45) is 0 Å². The molecule has 7 nitrogen and oxygen atoms in total. The molecule has 0 saturated carbocycles. The topological polar surface area (TPSA) is 95.4 Å². The number of benzene rings is 1. The van der Waals surface area contributed by atoms with E-state index in [1.807, 2.05) is 0 Å². The lowest BCUT2D eigenvalue weighted by atomic mass is 10.0. The Hall–Kier alpha value is -3.72. The van der Waals surface area contributed by atoms with E-state index in [2.05, 4.69) is 15.3 Å². The zero-order chi connectivity index (χ0) is 23.4. The van der Waals surface area contributed by atoms with E-state index in [0.717, 1.165) is 12.1 Å². The highest BCUT2D eigenvalue weighted by Crippen LogP contribution is 2.26. The highest BCUT2D eigenvalue weighted by Gasteiger charge is 2.23. The first-order chi connectivity index (χ1) is 15.9. The lowest BCUT2D eigenvalue weighted by Gasteiger charge is -2.21. The predicted molar refractivity (Wildman–Crippen MR) is 118 cm³/mol. The van der Waals surface area contributed by atoms with Gasteiger partial charge >= 0.3 is 0 Å². The van der Waals surface area contributed by atoms with E-state index in [1.165, 1.54) is 42.9 Å². The Labute approximate surface area is 189 Å². The number of anilines is 1. The third-order valence-electron chi connectivity index (χ3n) is 5.53. The highest BCUT2D eigenvalue weighted by molar-refractivity contribution is 6.08. The molecule has 1 aliphatic rings. The summed E-state index contributed by atoms with van der Waals surface area (Å²) in [6, 6.07) is 7.73. The molecule has 0 spiro atoms. The molecule has 2 amide bonds. The summed E-state index contributed by atoms with van der Waals surface area (Å²) in [5, 5.41) is 12.5. The second kappa shape index (κ2) is 9.83. The third kappa shape index (κ3) is 5.04. The minimum Gasteiger partial charge on any atom is -0.393 e. The summed E-state index contributed by atoms with van der Waals surface area (Å²) in [4.78, 5) is 35.6. The molecule has 9 heteroatoms. The fourth-order valence-electron chi connectivity index (χ4n) is 3.80. The van der Waals surface area contributed by atoms with Crippen molar-refractivity contribution in [1.82, 2.24) is 14.9 Å². The van der Waals surface area contributed by atoms with Crippen LogP contribution in [0.15, 0.2) is 55.0 Å². The zero-order valence-corrected chi connectivity index (χ0v) is 17.7. The van der Waals surface area contributed by atoms with Gasteiger partial charge in [-0.3, -0.25) is 19.6 Å². The first-order valence-electron chi connectivity index (χ1n) is 10.6. The fraction of sp³-hybridized carbons (Fsp3) is 0.250. The maximum atomic E-state index is 14.2. The smallest absolute Gasteiger partial charge is 0.274 e. The minimum atomic E-state index is -0.754. The maximum Gasteiger partial charge on any atom is 0.274 e. The van der Waals surface area contributed by atoms with E-state index in [9.17, 15) is 23.5 Å². The SMILES string of the molecule is O=C(Nc1cnccc1C(=O)N1CCCC(O)CC1)c1cc(-c2c(F)cccc2F)ccn1. The van der Waals surface area contributed by atoms with E-state index in [4.69, 9.17) is 0 Å². The number of halogens is 2. The summed E-state index contributed by atoms with van der Waals surface area (Å²) >= 11 is 0. The Morgan fingerprint density at radius 3 is 2.64 bits per heavy atom. The number of pyridine rings is 2. The van der Waals surface area contributed by atoms with Crippen LogP contribution in [0.2, 0.25) is 0 Å². The van der Waals surface area contributed by atoms with Gasteiger partial charge in [-0.2, -0.15) is 0 Å². The number of hydrogen-bond acceptors (Lipinski definition) is 5. The Bertz CT molecular complexity index is 1170. The number of likely N-dealkylation sites (tertiary alicyclic amines) is 1. The van der Waals surface area contributed by atoms with E-state index >= 15 is 0 Å². The average molecular weight is 452 g/mol. The molecule has 1 unspecified atom stereocenters. The van der Waals surface area contributed by atoms with Gasteiger partial charge in [0, 0.05) is 25.5 Å². The van der Waals surface area contributed by atoms with Crippen molar-refractivity contribution >= 4 is 17.5 Å². The molecule has 3 heterocycles. The van der Waals surface area contributed by atoms with Gasteiger partial charge in [-0.05, 0) is 55.2 Å². The molecule has 2 N–H and O–H groups in total. The first-order valence-corrected chi connectivity index (χ1v) is 10.6. The second-order valence-corrected chi connectivity index (χ2v) is 7.78. The summed E-state index contributed by atoms with van der Waals surface area (Å²) in [7, 11) is 0. The fourth-order valence-corrected chi connectivity index (χ4v) is 3.80. The quantitative estimate of drug-likeness (QED) is 0.630. The monoisotopic (exact) mass is 452 g/mol. The van der Waals surface area contributed by atoms with Gasteiger partial charge in [0.25, 0.3) is 11.8 Å². The minimum absolute atomic E-state index is 0.0738. The van der Waals surface area contributed by atoms with Crippen LogP contribution in [0.25, 0.3) is 11.1 Å². The largest absolute Gasteiger partial charge is 0.393 e. The first kappa shape index (κ1) is 22.5. The molecule has 0 bridgehead atoms. The van der Waals surface area contributed by atoms with Crippen molar-refractivity contribution in [3.63, 3.8) is 0 Å². The average Bonchev–Trinajstić information content (AvgIpc) is 3.03. The molecular formula is C24H22F2N4O3. The van der Waals surface area contributed by atoms with Gasteiger partial charge in [0.05, 0.1) is 29.1 Å². The number of hydrogen-bond donors (Lipinski definition) is 2. The number of aromatic nitrogens is 2. The Morgan fingerprint density at radius 2 is 1.85 bits per heavy atom. The van der Waals surface area contributed by atoms with Crippen molar-refractivity contribution in [3.8, 4) is 11.1 Å². The Morgan fingerprint density at radius 1 is 1.06 bits per heavy atom. The number of nitrogens with zero attached hydrogens (tertiary/aromatic N) is 3. The van der Waals surface area contributed by atoms with Crippen molar-refractivity contribution in [3.05, 3.63) is 77.9 Å². The van der Waals surface area contributed by atoms with E-state index in [-0.39, 0.29) is 34.0 Å². The van der Waals surface area contributed by atoms with Crippen LogP contribution in [-0.4, -0.2) is 51.0 Å². The Balaban J connectivity index is 1.57. The van der Waals surface area contributed by atoms with E-state index in [1.54, 1.807) is 4.90 Å². The molecule has 2 aromatic heterocycles. The van der Waals surface area contributed by atoms with Crippen molar-refractivity contribution in [1.29, 1.82) is 0 Å². The van der Waals surface area contributed by atoms with Crippen molar-refractivity contribution < 1.29 is 23.5 Å². The molecule has 1 fully saturated rings. The van der Waals surface area contributed by atoms with Crippen LogP contribution in [0.4, 0.5) is 14.5 Å². The molecule has 4 rings (SSSR count). The van der Waals surface area contributed by atoms with E-state index < -0.39 is 23.6 Å². The number of aliphatic hydroxyl groups excluding tert-OH is 1. The van der Waals surface area contributed by atoms with Crippen LogP contribution < -0.4 is 5.32 Å². The summed E-state index contributed by atoms with van der Waals surface area (Å²) in [5.41, 5.74) is 0.286. The zero-order valence-electron chi connectivity index (χ0n) is 17.7. The van der Waals surface area contributed by atoms with E-state index in [0.29, 0.717) is 32.4 Å². The molecule has 1 atom stereocenters. The van der Waals surface area contributed by atoms with Crippen LogP contribution in [0.5, 0.6) is 0 Å². The maximum absolute atomic E-state index is 14.2. The van der Waals surface area contributed by atoms with Gasteiger partial charge in [0.15, 0.2) is 0 Å². The lowest BCUT2D eigenvalue weighted by molar-refractivity contribution is 0.0754. The van der Waals surface area contributed by atoms with Crippen LogP contribution in [0.1, 0.15) is 40.1 Å². The number of nitrogens with one attached hydrogen (secondary N) is 1. The van der Waals surface area contributed by atoms with Crippen LogP contribution in [0.3, 0.4) is 0 Å². The van der Waals surface area contributed by atoms with Gasteiger partial charge < -0.3 is 15.3 Å². The van der Waals surface area contributed by atoms with Crippen molar-refractivity contribution in [2.75, 3.05) is 18.4 Å². The number of carbonyl (C=O) groups excluding carboxylic acids is 2. The Kier molecular flexibility index (Phi) is 6.69. The number of aliphatic hydroxyl groups is 1. The summed E-state index contributed by atoms with van der Waals surface area (Å²) in [6.45, 7) is 0.914. The summed E-state index contributed by atoms with van der Waals surface area (Å²) in [5.74, 6) is -2.44.